The molecule has 5 heteroatoms. The first-order valence-electron chi connectivity index (χ1n) is 7.78. The fourth-order valence-corrected chi connectivity index (χ4v) is 3.40. The number of nitrogens with one attached hydrogen (secondary N) is 1. The molecule has 1 atom stereocenters. The predicted octanol–water partition coefficient (Wildman–Crippen LogP) is 4.41. The Balaban J connectivity index is 0.00000208. The van der Waals surface area contributed by atoms with Gasteiger partial charge in [0.1, 0.15) is 5.60 Å². The van der Waals surface area contributed by atoms with E-state index >= 15 is 0 Å². The Morgan fingerprint density at radius 2 is 2.00 bits per heavy atom. The minimum absolute atomic E-state index is 0. The van der Waals surface area contributed by atoms with E-state index in [1.807, 2.05) is 49.5 Å². The predicted molar refractivity (Wildman–Crippen MR) is 98.6 cm³/mol. The van der Waals surface area contributed by atoms with Gasteiger partial charge in [0.05, 0.1) is 18.2 Å². The van der Waals surface area contributed by atoms with Gasteiger partial charge in [-0.2, -0.15) is 5.26 Å². The van der Waals surface area contributed by atoms with Crippen LogP contribution in [-0.4, -0.2) is 13.6 Å². The summed E-state index contributed by atoms with van der Waals surface area (Å²) in [6.45, 7) is 1.47. The summed E-state index contributed by atoms with van der Waals surface area (Å²) < 4.78 is 6.30. The maximum Gasteiger partial charge on any atom is 0.119 e. The number of fused-ring (bicyclic) bond motifs is 1. The molecule has 24 heavy (non-hydrogen) atoms. The Morgan fingerprint density at radius 1 is 1.25 bits per heavy atom. The van der Waals surface area contributed by atoms with E-state index in [1.54, 1.807) is 0 Å². The van der Waals surface area contributed by atoms with E-state index in [-0.39, 0.29) is 12.4 Å². The molecular weight excluding hydrogens is 343 g/mol. The third-order valence-corrected chi connectivity index (χ3v) is 4.66. The van der Waals surface area contributed by atoms with Crippen LogP contribution in [0.15, 0.2) is 42.5 Å². The molecule has 2 aromatic rings. The lowest BCUT2D eigenvalue weighted by Crippen LogP contribution is -2.28. The largest absolute Gasteiger partial charge is 0.361 e. The Hall–Kier alpha value is -1.57. The normalized spacial score (nSPS) is 18.5. The van der Waals surface area contributed by atoms with E-state index in [0.29, 0.717) is 12.2 Å². The van der Waals surface area contributed by atoms with Gasteiger partial charge in [-0.05, 0) is 67.4 Å². The molecule has 0 spiro atoms. The van der Waals surface area contributed by atoms with Crippen LogP contribution in [0.5, 0.6) is 0 Å². The summed E-state index contributed by atoms with van der Waals surface area (Å²) in [6, 6.07) is 15.9. The van der Waals surface area contributed by atoms with Crippen LogP contribution in [0.4, 0.5) is 0 Å². The highest BCUT2D eigenvalue weighted by Gasteiger charge is 2.41. The zero-order valence-electron chi connectivity index (χ0n) is 13.5. The van der Waals surface area contributed by atoms with E-state index in [2.05, 4.69) is 11.4 Å². The summed E-state index contributed by atoms with van der Waals surface area (Å²) in [5.41, 5.74) is 3.60. The van der Waals surface area contributed by atoms with Crippen LogP contribution in [0.1, 0.15) is 35.1 Å². The smallest absolute Gasteiger partial charge is 0.119 e. The van der Waals surface area contributed by atoms with Crippen molar-refractivity contribution in [3.63, 3.8) is 0 Å². The molecule has 1 N–H and O–H groups in total. The van der Waals surface area contributed by atoms with Crippen LogP contribution in [0.3, 0.4) is 0 Å². The van der Waals surface area contributed by atoms with Crippen LogP contribution < -0.4 is 5.32 Å². The molecule has 0 amide bonds. The monoisotopic (exact) mass is 362 g/mol. The Kier molecular flexibility index (Phi) is 6.26. The van der Waals surface area contributed by atoms with Gasteiger partial charge in [0, 0.05) is 5.02 Å². The summed E-state index contributed by atoms with van der Waals surface area (Å²) in [4.78, 5) is 0. The van der Waals surface area contributed by atoms with Crippen molar-refractivity contribution in [3.05, 3.63) is 69.7 Å². The number of hydrogen-bond acceptors (Lipinski definition) is 3. The first-order chi connectivity index (χ1) is 11.2. The van der Waals surface area contributed by atoms with E-state index in [0.717, 1.165) is 41.1 Å². The van der Waals surface area contributed by atoms with Crippen molar-refractivity contribution in [2.45, 2.75) is 25.0 Å². The van der Waals surface area contributed by atoms with Crippen molar-refractivity contribution in [2.75, 3.05) is 13.6 Å². The van der Waals surface area contributed by atoms with E-state index < -0.39 is 5.60 Å². The van der Waals surface area contributed by atoms with Gasteiger partial charge < -0.3 is 10.1 Å². The van der Waals surface area contributed by atoms with E-state index in [4.69, 9.17) is 21.6 Å². The van der Waals surface area contributed by atoms with Crippen LogP contribution in [-0.2, 0) is 16.9 Å². The maximum atomic E-state index is 9.11. The highest BCUT2D eigenvalue weighted by atomic mass is 35.5. The van der Waals surface area contributed by atoms with Crippen molar-refractivity contribution in [3.8, 4) is 6.07 Å². The second kappa shape index (κ2) is 8.00. The minimum atomic E-state index is -0.454. The molecule has 2 aromatic carbocycles. The standard InChI is InChI=1S/C19H19ClN2O.ClH/c1-22-10-2-9-19(16-4-6-17(20)7-5-16)18-8-3-14(12-21)11-15(18)13-23-19;/h3-8,11,22H,2,9-10,13H2,1H3;1H. The number of benzene rings is 2. The summed E-state index contributed by atoms with van der Waals surface area (Å²) in [5, 5.41) is 13.0. The van der Waals surface area contributed by atoms with Crippen molar-refractivity contribution >= 4 is 24.0 Å². The van der Waals surface area contributed by atoms with Gasteiger partial charge >= 0.3 is 0 Å². The Morgan fingerprint density at radius 3 is 2.67 bits per heavy atom. The molecule has 0 aromatic heterocycles. The zero-order valence-corrected chi connectivity index (χ0v) is 15.1. The number of nitrogens with zero attached hydrogens (tertiary/aromatic N) is 1. The lowest BCUT2D eigenvalue weighted by atomic mass is 9.81. The van der Waals surface area contributed by atoms with Gasteiger partial charge in [-0.15, -0.1) is 12.4 Å². The van der Waals surface area contributed by atoms with Gasteiger partial charge in [-0.25, -0.2) is 0 Å². The second-order valence-corrected chi connectivity index (χ2v) is 6.25. The number of ether oxygens (including phenoxy) is 1. The number of halogens is 2. The topological polar surface area (TPSA) is 45.0 Å². The summed E-state index contributed by atoms with van der Waals surface area (Å²) in [7, 11) is 1.96. The third-order valence-electron chi connectivity index (χ3n) is 4.41. The molecule has 1 aliphatic rings. The quantitative estimate of drug-likeness (QED) is 0.801. The van der Waals surface area contributed by atoms with Gasteiger partial charge in [0.15, 0.2) is 0 Å². The molecule has 0 saturated heterocycles. The van der Waals surface area contributed by atoms with E-state index in [9.17, 15) is 0 Å². The minimum Gasteiger partial charge on any atom is -0.361 e. The molecule has 0 fully saturated rings. The van der Waals surface area contributed by atoms with Gasteiger partial charge in [0.25, 0.3) is 0 Å². The SMILES string of the molecule is CNCCCC1(c2ccc(Cl)cc2)OCc2cc(C#N)ccc21.Cl. The summed E-state index contributed by atoms with van der Waals surface area (Å²) >= 11 is 6.04. The summed E-state index contributed by atoms with van der Waals surface area (Å²) in [6.07, 6.45) is 1.88. The molecule has 0 saturated carbocycles. The molecule has 0 bridgehead atoms. The number of nitriles is 1. The molecule has 1 heterocycles. The van der Waals surface area contributed by atoms with Crippen molar-refractivity contribution in [2.24, 2.45) is 0 Å². The van der Waals surface area contributed by atoms with Crippen molar-refractivity contribution < 1.29 is 4.74 Å². The van der Waals surface area contributed by atoms with Crippen molar-refractivity contribution in [1.29, 1.82) is 5.26 Å². The van der Waals surface area contributed by atoms with Crippen LogP contribution in [0.2, 0.25) is 5.02 Å². The molecular formula is C19H20Cl2N2O. The van der Waals surface area contributed by atoms with Crippen LogP contribution in [0.25, 0.3) is 0 Å². The highest BCUT2D eigenvalue weighted by Crippen LogP contribution is 2.45. The van der Waals surface area contributed by atoms with Gasteiger partial charge in [-0.1, -0.05) is 29.8 Å². The fourth-order valence-electron chi connectivity index (χ4n) is 3.28. The maximum absolute atomic E-state index is 9.11. The molecule has 1 unspecified atom stereocenters. The molecule has 0 aliphatic carbocycles. The van der Waals surface area contributed by atoms with Gasteiger partial charge in [-0.3, -0.25) is 0 Å². The molecule has 3 nitrogen and oxygen atoms in total. The lowest BCUT2D eigenvalue weighted by Gasteiger charge is -2.30. The molecule has 1 aliphatic heterocycles. The van der Waals surface area contributed by atoms with Gasteiger partial charge in [0.2, 0.25) is 0 Å². The zero-order chi connectivity index (χ0) is 16.3. The van der Waals surface area contributed by atoms with Crippen molar-refractivity contribution in [1.82, 2.24) is 5.32 Å². The number of rotatable bonds is 5. The van der Waals surface area contributed by atoms with Crippen LogP contribution in [0, 0.1) is 11.3 Å². The number of hydrogen-bond donors (Lipinski definition) is 1. The Labute approximate surface area is 154 Å². The first kappa shape index (κ1) is 18.8. The second-order valence-electron chi connectivity index (χ2n) is 5.81. The van der Waals surface area contributed by atoms with E-state index in [1.165, 1.54) is 0 Å². The third kappa shape index (κ3) is 3.43. The molecule has 0 radical (unpaired) electrons. The molecule has 3 rings (SSSR count). The highest BCUT2D eigenvalue weighted by molar-refractivity contribution is 6.30. The fraction of sp³-hybridized carbons (Fsp3) is 0.316. The first-order valence-corrected chi connectivity index (χ1v) is 8.15. The molecule has 126 valence electrons. The lowest BCUT2D eigenvalue weighted by molar-refractivity contribution is -0.0128. The Bertz CT molecular complexity index is 740. The van der Waals surface area contributed by atoms with Crippen LogP contribution >= 0.6 is 24.0 Å². The average Bonchev–Trinajstić information content (AvgIpc) is 2.95. The summed E-state index contributed by atoms with van der Waals surface area (Å²) in [5.74, 6) is 0. The average molecular weight is 363 g/mol.